The molecule has 0 radical (unpaired) electrons. The van der Waals surface area contributed by atoms with Crippen LogP contribution in [-0.2, 0) is 26.1 Å². The largest absolute Gasteiger partial charge is 0.394 e. The summed E-state index contributed by atoms with van der Waals surface area (Å²) in [5.74, 6) is -1.00. The molecule has 3 aromatic rings. The van der Waals surface area contributed by atoms with Crippen molar-refractivity contribution in [2.24, 2.45) is 25.9 Å². The Balaban J connectivity index is 1.32. The van der Waals surface area contributed by atoms with E-state index in [2.05, 4.69) is 20.5 Å². The number of aliphatic hydroxyl groups is 1. The van der Waals surface area contributed by atoms with Gasteiger partial charge in [-0.1, -0.05) is 11.6 Å². The molecule has 2 heterocycles. The van der Waals surface area contributed by atoms with Crippen LogP contribution in [0.3, 0.4) is 0 Å². The predicted octanol–water partition coefficient (Wildman–Crippen LogP) is 4.49. The maximum absolute atomic E-state index is 13.5. The molecule has 0 aliphatic heterocycles. The summed E-state index contributed by atoms with van der Waals surface area (Å²) in [7, 11) is 3.14. The van der Waals surface area contributed by atoms with Crippen molar-refractivity contribution in [3.63, 3.8) is 0 Å². The number of nitrogens with one attached hydrogen (secondary N) is 1. The molecule has 13 heteroatoms. The zero-order valence-corrected chi connectivity index (χ0v) is 20.8. The molecular weight excluding hydrogens is 516 g/mol. The Morgan fingerprint density at radius 1 is 1.22 bits per heavy atom. The first kappa shape index (κ1) is 25.7. The molecule has 2 unspecified atom stereocenters. The Bertz CT molecular complexity index is 1340. The summed E-state index contributed by atoms with van der Waals surface area (Å²) in [5.41, 5.74) is -0.421. The Kier molecular flexibility index (Phi) is 6.30. The van der Waals surface area contributed by atoms with Crippen LogP contribution in [0.1, 0.15) is 59.2 Å². The van der Waals surface area contributed by atoms with Crippen LogP contribution in [0.4, 0.5) is 23.2 Å². The van der Waals surface area contributed by atoms with E-state index < -0.39 is 29.9 Å². The van der Waals surface area contributed by atoms with Gasteiger partial charge >= 0.3 is 6.18 Å². The predicted molar refractivity (Wildman–Crippen MR) is 125 cm³/mol. The van der Waals surface area contributed by atoms with E-state index in [0.29, 0.717) is 29.9 Å². The summed E-state index contributed by atoms with van der Waals surface area (Å²) in [6.45, 7) is 0. The van der Waals surface area contributed by atoms with Gasteiger partial charge in [-0.2, -0.15) is 28.2 Å². The van der Waals surface area contributed by atoms with Crippen molar-refractivity contribution < 1.29 is 27.5 Å². The van der Waals surface area contributed by atoms with Crippen molar-refractivity contribution in [1.29, 1.82) is 0 Å². The third-order valence-electron chi connectivity index (χ3n) is 7.38. The Morgan fingerprint density at radius 2 is 1.89 bits per heavy atom. The number of amides is 1. The number of hydrogen-bond acceptors (Lipinski definition) is 5. The standard InChI is InChI=1S/C24H25ClF4N6O2/c1-34-11-30-19(20(34)22(36)31-15-3-4-17(26)16(25)7-15)12-5-13-8-23(37,9-14(13)6-12)21-18(10-24(27,28)29)32-35(2)33-21/h3-4,7,11-14,37H,5-6,8-10H2,1-2H3,(H,31,36). The van der Waals surface area contributed by atoms with Crippen LogP contribution in [0.15, 0.2) is 24.5 Å². The first-order valence-corrected chi connectivity index (χ1v) is 12.2. The molecule has 37 heavy (non-hydrogen) atoms. The molecule has 2 aromatic heterocycles. The number of fused-ring (bicyclic) bond motifs is 1. The molecule has 1 aromatic carbocycles. The van der Waals surface area contributed by atoms with Gasteiger partial charge in [0.2, 0.25) is 0 Å². The van der Waals surface area contributed by atoms with E-state index in [9.17, 15) is 27.5 Å². The Labute approximate surface area is 214 Å². The molecule has 2 atom stereocenters. The van der Waals surface area contributed by atoms with Crippen LogP contribution in [0, 0.1) is 17.7 Å². The number of halogens is 5. The maximum Gasteiger partial charge on any atom is 0.394 e. The van der Waals surface area contributed by atoms with Gasteiger partial charge in [-0.3, -0.25) is 4.79 Å². The molecule has 1 amide bonds. The van der Waals surface area contributed by atoms with Gasteiger partial charge in [0.1, 0.15) is 22.8 Å². The molecule has 2 aliphatic carbocycles. The monoisotopic (exact) mass is 540 g/mol. The number of carbonyl (C=O) groups is 1. The van der Waals surface area contributed by atoms with E-state index in [1.807, 2.05) is 0 Å². The summed E-state index contributed by atoms with van der Waals surface area (Å²) in [4.78, 5) is 18.6. The van der Waals surface area contributed by atoms with Crippen LogP contribution in [0.25, 0.3) is 0 Å². The highest BCUT2D eigenvalue weighted by Gasteiger charge is 2.53. The lowest BCUT2D eigenvalue weighted by molar-refractivity contribution is -0.128. The molecule has 2 fully saturated rings. The van der Waals surface area contributed by atoms with Crippen molar-refractivity contribution in [3.05, 3.63) is 58.1 Å². The van der Waals surface area contributed by atoms with Crippen LogP contribution >= 0.6 is 11.6 Å². The minimum atomic E-state index is -4.46. The lowest BCUT2D eigenvalue weighted by Crippen LogP contribution is -2.27. The number of anilines is 1. The number of rotatable bonds is 5. The Morgan fingerprint density at radius 3 is 2.51 bits per heavy atom. The second-order valence-electron chi connectivity index (χ2n) is 10.1. The number of aromatic nitrogens is 5. The fourth-order valence-electron chi connectivity index (χ4n) is 5.98. The molecule has 5 rings (SSSR count). The molecule has 198 valence electrons. The van der Waals surface area contributed by atoms with Gasteiger partial charge in [-0.25, -0.2) is 9.37 Å². The highest BCUT2D eigenvalue weighted by Crippen LogP contribution is 2.57. The number of imidazole rings is 1. The highest BCUT2D eigenvalue weighted by atomic mass is 35.5. The van der Waals surface area contributed by atoms with Crippen molar-refractivity contribution in [2.75, 3.05) is 5.32 Å². The first-order chi connectivity index (χ1) is 17.3. The van der Waals surface area contributed by atoms with E-state index in [1.165, 1.54) is 25.2 Å². The summed E-state index contributed by atoms with van der Waals surface area (Å²) in [5, 5.41) is 21.9. The molecule has 0 spiro atoms. The fourth-order valence-corrected chi connectivity index (χ4v) is 6.17. The van der Waals surface area contributed by atoms with Gasteiger partial charge in [0.15, 0.2) is 0 Å². The van der Waals surface area contributed by atoms with Crippen molar-refractivity contribution in [3.8, 4) is 0 Å². The molecule has 2 saturated carbocycles. The number of benzene rings is 1. The molecule has 2 aliphatic rings. The van der Waals surface area contributed by atoms with Gasteiger partial charge in [0, 0.05) is 25.7 Å². The minimum absolute atomic E-state index is 0.00543. The van der Waals surface area contributed by atoms with E-state index in [-0.39, 0.29) is 47.0 Å². The highest BCUT2D eigenvalue weighted by molar-refractivity contribution is 6.31. The van der Waals surface area contributed by atoms with E-state index >= 15 is 0 Å². The summed E-state index contributed by atoms with van der Waals surface area (Å²) in [6.07, 6.45) is -2.38. The fraction of sp³-hybridized carbons (Fsp3) is 0.500. The Hall–Kier alpha value is -2.99. The second kappa shape index (κ2) is 9.09. The second-order valence-corrected chi connectivity index (χ2v) is 10.5. The van der Waals surface area contributed by atoms with Crippen LogP contribution in [0.2, 0.25) is 5.02 Å². The molecular formula is C24H25ClF4N6O2. The van der Waals surface area contributed by atoms with Gasteiger partial charge in [-0.15, -0.1) is 0 Å². The maximum atomic E-state index is 13.5. The third kappa shape index (κ3) is 4.96. The first-order valence-electron chi connectivity index (χ1n) is 11.8. The smallest absolute Gasteiger partial charge is 0.383 e. The normalized spacial score (nSPS) is 25.5. The van der Waals surface area contributed by atoms with Gasteiger partial charge < -0.3 is 15.0 Å². The van der Waals surface area contributed by atoms with Crippen molar-refractivity contribution in [2.45, 2.75) is 49.8 Å². The zero-order chi connectivity index (χ0) is 26.7. The molecule has 0 bridgehead atoms. The average molecular weight is 541 g/mol. The van der Waals surface area contributed by atoms with Gasteiger partial charge in [0.25, 0.3) is 5.91 Å². The molecule has 2 N–H and O–H groups in total. The SMILES string of the molecule is Cn1nc(CC(F)(F)F)c(C2(O)CC3CC(c4ncn(C)c4C(=O)Nc4ccc(F)c(Cl)c4)CC3C2)n1. The van der Waals surface area contributed by atoms with Gasteiger partial charge in [0.05, 0.1) is 29.2 Å². The van der Waals surface area contributed by atoms with Crippen LogP contribution in [0.5, 0.6) is 0 Å². The third-order valence-corrected chi connectivity index (χ3v) is 7.67. The van der Waals surface area contributed by atoms with Crippen molar-refractivity contribution >= 4 is 23.2 Å². The van der Waals surface area contributed by atoms with Crippen molar-refractivity contribution in [1.82, 2.24) is 24.5 Å². The lowest BCUT2D eigenvalue weighted by atomic mass is 9.89. The summed E-state index contributed by atoms with van der Waals surface area (Å²) < 4.78 is 54.3. The van der Waals surface area contributed by atoms with Gasteiger partial charge in [-0.05, 0) is 55.7 Å². The zero-order valence-electron chi connectivity index (χ0n) is 20.1. The summed E-state index contributed by atoms with van der Waals surface area (Å²) >= 11 is 5.82. The number of hydrogen-bond donors (Lipinski definition) is 2. The van der Waals surface area contributed by atoms with E-state index in [0.717, 1.165) is 4.80 Å². The van der Waals surface area contributed by atoms with E-state index in [1.54, 1.807) is 17.9 Å². The quantitative estimate of drug-likeness (QED) is 0.465. The number of alkyl halides is 3. The minimum Gasteiger partial charge on any atom is -0.383 e. The summed E-state index contributed by atoms with van der Waals surface area (Å²) in [6, 6.07) is 3.90. The number of carbonyl (C=O) groups excluding carboxylic acids is 1. The average Bonchev–Trinajstić information content (AvgIpc) is 3.51. The number of nitrogens with zero attached hydrogens (tertiary/aromatic N) is 5. The molecule has 8 nitrogen and oxygen atoms in total. The lowest BCUT2D eigenvalue weighted by Gasteiger charge is -2.23. The molecule has 0 saturated heterocycles. The van der Waals surface area contributed by atoms with Crippen LogP contribution in [-0.4, -0.2) is 41.7 Å². The topological polar surface area (TPSA) is 97.9 Å². The van der Waals surface area contributed by atoms with Crippen LogP contribution < -0.4 is 5.32 Å². The number of aryl methyl sites for hydroxylation is 2. The van der Waals surface area contributed by atoms with E-state index in [4.69, 9.17) is 11.6 Å².